The van der Waals surface area contributed by atoms with Crippen molar-refractivity contribution in [3.8, 4) is 0 Å². The van der Waals surface area contributed by atoms with E-state index in [1.807, 2.05) is 0 Å². The van der Waals surface area contributed by atoms with Gasteiger partial charge in [-0.3, -0.25) is 9.89 Å². The second kappa shape index (κ2) is 4.17. The molecule has 92 valence electrons. The van der Waals surface area contributed by atoms with Gasteiger partial charge in [0.1, 0.15) is 0 Å². The van der Waals surface area contributed by atoms with Gasteiger partial charge in [-0.15, -0.1) is 0 Å². The van der Waals surface area contributed by atoms with E-state index >= 15 is 0 Å². The first kappa shape index (κ1) is 10.8. The second-order valence-electron chi connectivity index (χ2n) is 5.27. The van der Waals surface area contributed by atoms with Crippen LogP contribution in [0.2, 0.25) is 0 Å². The van der Waals surface area contributed by atoms with Crippen LogP contribution in [0, 0.1) is 0 Å². The highest BCUT2D eigenvalue weighted by Gasteiger charge is 2.33. The maximum absolute atomic E-state index is 11.6. The summed E-state index contributed by atoms with van der Waals surface area (Å²) in [5.41, 5.74) is 2.60. The van der Waals surface area contributed by atoms with E-state index in [0.29, 0.717) is 18.3 Å². The molecule has 0 spiro atoms. The zero-order valence-electron chi connectivity index (χ0n) is 10.3. The van der Waals surface area contributed by atoms with Crippen LogP contribution in [0.4, 0.5) is 5.82 Å². The predicted octanol–water partition coefficient (Wildman–Crippen LogP) is 2.90. The molecule has 2 heterocycles. The first-order valence-corrected chi connectivity index (χ1v) is 6.67. The molecule has 0 radical (unpaired) electrons. The van der Waals surface area contributed by atoms with Gasteiger partial charge in [0.05, 0.1) is 0 Å². The molecule has 4 nitrogen and oxygen atoms in total. The molecule has 1 aliphatic heterocycles. The molecule has 2 N–H and O–H groups in total. The van der Waals surface area contributed by atoms with Gasteiger partial charge in [0.15, 0.2) is 5.82 Å². The van der Waals surface area contributed by atoms with E-state index in [4.69, 9.17) is 0 Å². The van der Waals surface area contributed by atoms with Crippen LogP contribution in [0.25, 0.3) is 0 Å². The normalized spacial score (nSPS) is 24.1. The average Bonchev–Trinajstić information content (AvgIpc) is 2.59. The van der Waals surface area contributed by atoms with Gasteiger partial charge in [0.2, 0.25) is 5.91 Å². The number of amides is 1. The molecule has 1 aromatic heterocycles. The van der Waals surface area contributed by atoms with Crippen LogP contribution in [0.3, 0.4) is 0 Å². The fraction of sp³-hybridized carbons (Fsp3) is 0.692. The van der Waals surface area contributed by atoms with E-state index in [1.165, 1.54) is 30.5 Å². The van der Waals surface area contributed by atoms with Gasteiger partial charge < -0.3 is 5.32 Å². The van der Waals surface area contributed by atoms with Crippen LogP contribution in [-0.4, -0.2) is 16.1 Å². The minimum atomic E-state index is 0.114. The molecule has 1 aliphatic carbocycles. The van der Waals surface area contributed by atoms with Gasteiger partial charge in [-0.1, -0.05) is 19.8 Å². The highest BCUT2D eigenvalue weighted by Crippen LogP contribution is 2.44. The minimum Gasteiger partial charge on any atom is -0.309 e. The summed E-state index contributed by atoms with van der Waals surface area (Å²) in [5.74, 6) is 1.93. The Morgan fingerprint density at radius 1 is 1.41 bits per heavy atom. The Kier molecular flexibility index (Phi) is 2.65. The fourth-order valence-corrected chi connectivity index (χ4v) is 2.98. The van der Waals surface area contributed by atoms with Crippen LogP contribution in [-0.2, 0) is 4.79 Å². The number of fused-ring (bicyclic) bond motifs is 1. The largest absolute Gasteiger partial charge is 0.309 e. The zero-order chi connectivity index (χ0) is 11.8. The van der Waals surface area contributed by atoms with Crippen molar-refractivity contribution in [3.05, 3.63) is 11.3 Å². The molecule has 0 saturated heterocycles. The van der Waals surface area contributed by atoms with E-state index in [-0.39, 0.29) is 5.91 Å². The minimum absolute atomic E-state index is 0.114. The number of H-pyrrole nitrogens is 1. The van der Waals surface area contributed by atoms with Crippen molar-refractivity contribution in [1.29, 1.82) is 0 Å². The van der Waals surface area contributed by atoms with Gasteiger partial charge in [-0.2, -0.15) is 5.10 Å². The van der Waals surface area contributed by atoms with Crippen LogP contribution < -0.4 is 5.32 Å². The summed E-state index contributed by atoms with van der Waals surface area (Å²) in [4.78, 5) is 11.6. The fourth-order valence-electron chi connectivity index (χ4n) is 2.98. The molecule has 3 rings (SSSR count). The number of hydrogen-bond acceptors (Lipinski definition) is 2. The van der Waals surface area contributed by atoms with Gasteiger partial charge in [0, 0.05) is 23.6 Å². The number of carbonyl (C=O) groups excluding carboxylic acids is 1. The lowest BCUT2D eigenvalue weighted by Gasteiger charge is -2.29. The molecule has 1 amide bonds. The molecule has 2 aliphatic rings. The summed E-state index contributed by atoms with van der Waals surface area (Å²) >= 11 is 0. The molecular weight excluding hydrogens is 214 g/mol. The second-order valence-corrected chi connectivity index (χ2v) is 5.27. The molecule has 1 saturated carbocycles. The third-order valence-electron chi connectivity index (χ3n) is 4.08. The monoisotopic (exact) mass is 233 g/mol. The molecule has 0 aromatic carbocycles. The SMILES string of the molecule is CCCC1CC(=O)Nc2n[nH]c(C3CCC3)c21. The van der Waals surface area contributed by atoms with Crippen molar-refractivity contribution < 1.29 is 4.79 Å². The maximum Gasteiger partial charge on any atom is 0.226 e. The van der Waals surface area contributed by atoms with Crippen LogP contribution in [0.15, 0.2) is 0 Å². The number of aromatic amines is 1. The van der Waals surface area contributed by atoms with Gasteiger partial charge in [0.25, 0.3) is 0 Å². The van der Waals surface area contributed by atoms with E-state index in [2.05, 4.69) is 22.4 Å². The summed E-state index contributed by atoms with van der Waals surface area (Å²) in [7, 11) is 0. The molecule has 17 heavy (non-hydrogen) atoms. The number of anilines is 1. The molecule has 0 bridgehead atoms. The summed E-state index contributed by atoms with van der Waals surface area (Å²) < 4.78 is 0. The molecule has 1 fully saturated rings. The average molecular weight is 233 g/mol. The number of hydrogen-bond donors (Lipinski definition) is 2. The molecule has 1 aromatic rings. The van der Waals surface area contributed by atoms with E-state index in [1.54, 1.807) is 0 Å². The lowest BCUT2D eigenvalue weighted by Crippen LogP contribution is -2.24. The van der Waals surface area contributed by atoms with Crippen molar-refractivity contribution in [2.24, 2.45) is 0 Å². The predicted molar refractivity (Wildman–Crippen MR) is 66.1 cm³/mol. The van der Waals surface area contributed by atoms with Crippen LogP contribution >= 0.6 is 0 Å². The first-order chi connectivity index (χ1) is 8.29. The zero-order valence-corrected chi connectivity index (χ0v) is 10.3. The standard InChI is InChI=1S/C13H19N3O/c1-2-4-9-7-10(17)14-13-11(9)12(15-16-13)8-5-3-6-8/h8-9H,2-7H2,1H3,(H2,14,15,16,17). The van der Waals surface area contributed by atoms with Crippen molar-refractivity contribution in [2.75, 3.05) is 5.32 Å². The lowest BCUT2D eigenvalue weighted by atomic mass is 9.77. The van der Waals surface area contributed by atoms with E-state index < -0.39 is 0 Å². The summed E-state index contributed by atoms with van der Waals surface area (Å²) in [6, 6.07) is 0. The number of rotatable bonds is 3. The number of nitrogens with one attached hydrogen (secondary N) is 2. The third kappa shape index (κ3) is 1.75. The summed E-state index contributed by atoms with van der Waals surface area (Å²) in [6.07, 6.45) is 6.68. The third-order valence-corrected chi connectivity index (χ3v) is 4.08. The van der Waals surface area contributed by atoms with Crippen molar-refractivity contribution in [2.45, 2.75) is 57.3 Å². The number of aromatic nitrogens is 2. The summed E-state index contributed by atoms with van der Waals surface area (Å²) in [5, 5.41) is 10.3. The summed E-state index contributed by atoms with van der Waals surface area (Å²) in [6.45, 7) is 2.18. The van der Waals surface area contributed by atoms with Crippen LogP contribution in [0.1, 0.15) is 68.5 Å². The van der Waals surface area contributed by atoms with Crippen molar-refractivity contribution in [1.82, 2.24) is 10.2 Å². The highest BCUT2D eigenvalue weighted by atomic mass is 16.1. The Hall–Kier alpha value is -1.32. The number of nitrogens with zero attached hydrogens (tertiary/aromatic N) is 1. The Bertz CT molecular complexity index is 434. The molecule has 4 heteroatoms. The Balaban J connectivity index is 1.96. The Morgan fingerprint density at radius 3 is 2.88 bits per heavy atom. The van der Waals surface area contributed by atoms with E-state index in [9.17, 15) is 4.79 Å². The van der Waals surface area contributed by atoms with Gasteiger partial charge >= 0.3 is 0 Å². The molecule has 1 unspecified atom stereocenters. The highest BCUT2D eigenvalue weighted by molar-refractivity contribution is 5.93. The smallest absolute Gasteiger partial charge is 0.226 e. The van der Waals surface area contributed by atoms with Crippen LogP contribution in [0.5, 0.6) is 0 Å². The molecule has 1 atom stereocenters. The van der Waals surface area contributed by atoms with Crippen molar-refractivity contribution in [3.63, 3.8) is 0 Å². The Morgan fingerprint density at radius 2 is 2.24 bits per heavy atom. The topological polar surface area (TPSA) is 57.8 Å². The maximum atomic E-state index is 11.6. The Labute approximate surface area is 101 Å². The lowest BCUT2D eigenvalue weighted by molar-refractivity contribution is -0.116. The van der Waals surface area contributed by atoms with Crippen molar-refractivity contribution >= 4 is 11.7 Å². The van der Waals surface area contributed by atoms with Gasteiger partial charge in [-0.25, -0.2) is 0 Å². The van der Waals surface area contributed by atoms with Gasteiger partial charge in [-0.05, 0) is 25.2 Å². The number of carbonyl (C=O) groups is 1. The van der Waals surface area contributed by atoms with E-state index in [0.717, 1.165) is 18.7 Å². The first-order valence-electron chi connectivity index (χ1n) is 6.67. The quantitative estimate of drug-likeness (QED) is 0.843. The molecular formula is C13H19N3O.